The summed E-state index contributed by atoms with van der Waals surface area (Å²) in [6, 6.07) is 0. The van der Waals surface area contributed by atoms with Gasteiger partial charge in [0, 0.05) is 37.1 Å². The van der Waals surface area contributed by atoms with E-state index in [9.17, 15) is 0 Å². The van der Waals surface area contributed by atoms with Crippen molar-refractivity contribution in [3.8, 4) is 0 Å². The van der Waals surface area contributed by atoms with Gasteiger partial charge >= 0.3 is 38.2 Å². The van der Waals surface area contributed by atoms with Crippen LogP contribution in [-0.4, -0.2) is 74.1 Å². The van der Waals surface area contributed by atoms with Crippen molar-refractivity contribution in [2.75, 3.05) is 0 Å². The maximum atomic E-state index is 9.11. The number of carbonyl (C=O) groups excluding carboxylic acids is 1. The fourth-order valence-electron chi connectivity index (χ4n) is 0. The van der Waals surface area contributed by atoms with E-state index in [0.717, 1.165) is 13.8 Å². The summed E-state index contributed by atoms with van der Waals surface area (Å²) in [5.74, 6) is -2.25. The number of rotatable bonds is 0. The zero-order valence-electron chi connectivity index (χ0n) is 14.2. The van der Waals surface area contributed by atoms with Crippen LogP contribution >= 0.6 is 0 Å². The van der Waals surface area contributed by atoms with E-state index in [4.69, 9.17) is 65.4 Å². The van der Waals surface area contributed by atoms with Gasteiger partial charge in [-0.25, -0.2) is 0 Å². The quantitative estimate of drug-likeness (QED) is 0.150. The van der Waals surface area contributed by atoms with Crippen molar-refractivity contribution in [1.29, 1.82) is 0 Å². The minimum Gasteiger partial charge on any atom is -0.668 e. The van der Waals surface area contributed by atoms with E-state index in [1.54, 1.807) is 0 Å². The fraction of sp³-hybridized carbons (Fsp3) is 0.429. The molecule has 0 spiro atoms. The number of carboxylic acids is 2. The Balaban J connectivity index is -0.0000000160. The smallest absolute Gasteiger partial charge is 0.668 e. The van der Waals surface area contributed by atoms with Crippen LogP contribution in [0.2, 0.25) is 0 Å². The molecule has 170 valence electrons. The molecule has 0 aliphatic rings. The first-order chi connectivity index (χ1) is 9.20. The Bertz CT molecular complexity index is 432. The van der Waals surface area contributed by atoms with Crippen LogP contribution in [0.1, 0.15) is 20.8 Å². The Morgan fingerprint density at radius 2 is 0.704 bits per heavy atom. The first-order valence-electron chi connectivity index (χ1n) is 4.21. The molecule has 0 aromatic carbocycles. The fourth-order valence-corrected chi connectivity index (χ4v) is 0. The van der Waals surface area contributed by atoms with Gasteiger partial charge in [0.2, 0.25) is 0 Å². The van der Waals surface area contributed by atoms with Crippen molar-refractivity contribution in [3.05, 3.63) is 13.2 Å². The molecule has 0 aromatic rings. The molecule has 0 unspecified atom stereocenters. The minimum atomic E-state index is -4.67. The van der Waals surface area contributed by atoms with Crippen molar-refractivity contribution < 1.29 is 105 Å². The Hall–Kier alpha value is -0.865. The average molecular weight is 529 g/mol. The van der Waals surface area contributed by atoms with Crippen molar-refractivity contribution in [2.45, 2.75) is 20.8 Å². The third-order valence-electron chi connectivity index (χ3n) is 0. The summed E-state index contributed by atoms with van der Waals surface area (Å²) in [6.45, 7) is 3.36. The van der Waals surface area contributed by atoms with Gasteiger partial charge in [0.25, 0.3) is 11.9 Å². The molecule has 11 N–H and O–H groups in total. The third-order valence-corrected chi connectivity index (χ3v) is 0. The van der Waals surface area contributed by atoms with Gasteiger partial charge < -0.3 is 39.1 Å². The minimum absolute atomic E-state index is 0. The maximum absolute atomic E-state index is 9.11. The topological polar surface area (TPSA) is 328 Å². The van der Waals surface area contributed by atoms with E-state index in [1.807, 2.05) is 0 Å². The van der Waals surface area contributed by atoms with Gasteiger partial charge in [-0.15, -0.1) is 0 Å². The molecule has 0 aliphatic carbocycles. The predicted octanol–water partition coefficient (Wildman–Crippen LogP) is -1.74. The second-order valence-electron chi connectivity index (χ2n) is 2.49. The molecule has 0 aliphatic heterocycles. The molecule has 1 amide bonds. The molecular formula is C7H23Cr2NO15S2. The molecule has 0 heterocycles. The Morgan fingerprint density at radius 1 is 0.704 bits per heavy atom. The summed E-state index contributed by atoms with van der Waals surface area (Å²) in [5, 5.41) is 14.8. The number of aliphatic carboxylic acids is 2. The van der Waals surface area contributed by atoms with E-state index < -0.39 is 38.6 Å². The Kier molecular flexibility index (Phi) is 84.8. The molecule has 0 bridgehead atoms. The maximum Gasteiger partial charge on any atom is 2.00 e. The van der Waals surface area contributed by atoms with Crippen molar-refractivity contribution in [3.63, 3.8) is 0 Å². The van der Waals surface area contributed by atoms with Crippen molar-refractivity contribution in [1.82, 2.24) is 0 Å². The van der Waals surface area contributed by atoms with Gasteiger partial charge in [0.05, 0.1) is 0 Å². The molecule has 0 saturated heterocycles. The summed E-state index contributed by atoms with van der Waals surface area (Å²) < 4.78 is 63.2. The Morgan fingerprint density at radius 3 is 0.704 bits per heavy atom. The molecule has 0 atom stereocenters. The zero-order valence-corrected chi connectivity index (χ0v) is 18.4. The number of amides is 1. The van der Waals surface area contributed by atoms with E-state index in [0.29, 0.717) is 0 Å². The van der Waals surface area contributed by atoms with Crippen molar-refractivity contribution >= 4 is 38.6 Å². The van der Waals surface area contributed by atoms with E-state index in [2.05, 4.69) is 0 Å². The van der Waals surface area contributed by atoms with Crippen LogP contribution in [-0.2, 0) is 69.9 Å². The van der Waals surface area contributed by atoms with Crippen LogP contribution < -0.4 is 0 Å². The van der Waals surface area contributed by atoms with Crippen molar-refractivity contribution in [2.24, 2.45) is 0 Å². The van der Waals surface area contributed by atoms with Crippen LogP contribution in [0.25, 0.3) is 5.73 Å². The molecule has 0 radical (unpaired) electrons. The summed E-state index contributed by atoms with van der Waals surface area (Å²) in [4.78, 5) is 27.1. The SMILES string of the molecule is CC(=O)O.CC(=O)O.CC([NH-])=O.O.O.O=S(=O)(O)O.O=S(=O)(O)O.[CH3-].[Cr+2].[Cr]. The third kappa shape index (κ3) is 18000. The zero-order chi connectivity index (χ0) is 19.7. The largest absolute Gasteiger partial charge is 2.00 e. The second kappa shape index (κ2) is 36.1. The molecule has 16 nitrogen and oxygen atoms in total. The summed E-state index contributed by atoms with van der Waals surface area (Å²) >= 11 is 0. The van der Waals surface area contributed by atoms with Crippen LogP contribution in [0.15, 0.2) is 0 Å². The van der Waals surface area contributed by atoms with Gasteiger partial charge in [-0.1, -0.05) is 0 Å². The molecule has 20 heteroatoms. The van der Waals surface area contributed by atoms with E-state index >= 15 is 0 Å². The number of carbonyl (C=O) groups is 3. The number of nitrogens with one attached hydrogen (secondary N) is 1. The first-order valence-corrected chi connectivity index (χ1v) is 7.00. The monoisotopic (exact) mass is 529 g/mol. The normalized spacial score (nSPS) is 7.07. The molecule has 0 aromatic heterocycles. The summed E-state index contributed by atoms with van der Waals surface area (Å²) in [5.41, 5.74) is 5.94. The second-order valence-corrected chi connectivity index (χ2v) is 4.28. The van der Waals surface area contributed by atoms with Gasteiger partial charge in [0.1, 0.15) is 0 Å². The van der Waals surface area contributed by atoms with Gasteiger partial charge in [0.15, 0.2) is 0 Å². The molecule has 0 saturated carbocycles. The number of hydrogen-bond donors (Lipinski definition) is 6. The molecular weight excluding hydrogens is 506 g/mol. The Labute approximate surface area is 177 Å². The van der Waals surface area contributed by atoms with Crippen LogP contribution in [0.4, 0.5) is 0 Å². The van der Waals surface area contributed by atoms with E-state index in [-0.39, 0.29) is 53.1 Å². The van der Waals surface area contributed by atoms with E-state index in [1.165, 1.54) is 6.92 Å². The molecule has 0 rings (SSSR count). The first kappa shape index (κ1) is 63.4. The van der Waals surface area contributed by atoms with Gasteiger partial charge in [-0.3, -0.25) is 27.8 Å². The van der Waals surface area contributed by atoms with Crippen LogP contribution in [0, 0.1) is 7.43 Å². The molecule has 0 fully saturated rings. The summed E-state index contributed by atoms with van der Waals surface area (Å²) in [6.07, 6.45) is 0. The standard InChI is InChI=1S/C2H5NO.2C2H4O2.CH3.2Cr.2H2O4S.2H2O/c3*1-2(3)4;;;;2*1-5(2,3)4;;/h1H3,(H2,3,4);2*1H3,(H,3,4);1H3;;;2*(H2,1,2,3,4);2*1H2/q;;;-1;;+2;;;;/p-1. The van der Waals surface area contributed by atoms with Crippen LogP contribution in [0.5, 0.6) is 0 Å². The molecule has 27 heavy (non-hydrogen) atoms. The predicted molar refractivity (Wildman–Crippen MR) is 83.6 cm³/mol. The number of carboxylic acid groups (broad SMARTS) is 2. The number of hydrogen-bond acceptors (Lipinski definition) is 7. The summed E-state index contributed by atoms with van der Waals surface area (Å²) in [7, 11) is -9.33. The van der Waals surface area contributed by atoms with Crippen LogP contribution in [0.3, 0.4) is 0 Å². The average Bonchev–Trinajstić information content (AvgIpc) is 1.88. The van der Waals surface area contributed by atoms with Gasteiger partial charge in [-0.2, -0.15) is 16.8 Å². The van der Waals surface area contributed by atoms with Gasteiger partial charge in [-0.05, 0) is 6.92 Å².